The lowest BCUT2D eigenvalue weighted by Gasteiger charge is -2.20. The minimum atomic E-state index is -1.09. The highest BCUT2D eigenvalue weighted by atomic mass is 16.5. The molecule has 6 heteroatoms. The predicted molar refractivity (Wildman–Crippen MR) is 134 cm³/mol. The molecule has 0 fully saturated rings. The van der Waals surface area contributed by atoms with Crippen LogP contribution in [-0.4, -0.2) is 29.6 Å². The molecule has 0 radical (unpaired) electrons. The number of aromatic carboxylic acids is 1. The van der Waals surface area contributed by atoms with Crippen LogP contribution in [0.4, 0.5) is 5.69 Å². The second kappa shape index (κ2) is 10.8. The van der Waals surface area contributed by atoms with Crippen LogP contribution in [0.25, 0.3) is 11.1 Å². The molecule has 0 aliphatic heterocycles. The van der Waals surface area contributed by atoms with Crippen LogP contribution >= 0.6 is 0 Å². The minimum absolute atomic E-state index is 0.0446. The molecule has 1 N–H and O–H groups in total. The summed E-state index contributed by atoms with van der Waals surface area (Å²) in [4.78, 5) is 28.5. The monoisotopic (exact) mass is 462 g/mol. The predicted octanol–water partition coefficient (Wildman–Crippen LogP) is 5.02. The van der Waals surface area contributed by atoms with Gasteiger partial charge in [-0.2, -0.15) is 0 Å². The zero-order valence-corrected chi connectivity index (χ0v) is 19.0. The Bertz CT molecular complexity index is 1400. The third-order valence-corrected chi connectivity index (χ3v) is 5.37. The number of carbonyl (C=O) groups excluding carboxylic acids is 1. The van der Waals surface area contributed by atoms with Crippen LogP contribution < -0.4 is 9.64 Å². The SMILES string of the molecule is COc1cc(CN(C=O)c2ccccc2C#Cc2ccc(C(=O)O)nc2)ccc1-c1ccccc1. The summed E-state index contributed by atoms with van der Waals surface area (Å²) in [7, 11) is 1.63. The number of amides is 1. The zero-order chi connectivity index (χ0) is 24.6. The average molecular weight is 463 g/mol. The van der Waals surface area contributed by atoms with E-state index in [-0.39, 0.29) is 5.69 Å². The van der Waals surface area contributed by atoms with Crippen molar-refractivity contribution in [1.29, 1.82) is 0 Å². The zero-order valence-electron chi connectivity index (χ0n) is 19.0. The number of benzene rings is 3. The van der Waals surface area contributed by atoms with Crippen molar-refractivity contribution in [2.75, 3.05) is 12.0 Å². The van der Waals surface area contributed by atoms with Gasteiger partial charge in [-0.15, -0.1) is 0 Å². The molecule has 0 unspecified atom stereocenters. The molecule has 0 saturated heterocycles. The van der Waals surface area contributed by atoms with E-state index >= 15 is 0 Å². The largest absolute Gasteiger partial charge is 0.496 e. The Balaban J connectivity index is 1.60. The molecule has 0 bridgehead atoms. The summed E-state index contributed by atoms with van der Waals surface area (Å²) in [6, 6.07) is 26.2. The second-order valence-corrected chi connectivity index (χ2v) is 7.64. The number of pyridine rings is 1. The maximum atomic E-state index is 12.1. The van der Waals surface area contributed by atoms with Crippen LogP contribution in [0, 0.1) is 11.8 Å². The van der Waals surface area contributed by atoms with Crippen LogP contribution in [0.1, 0.15) is 27.2 Å². The van der Waals surface area contributed by atoms with Crippen LogP contribution in [-0.2, 0) is 11.3 Å². The Morgan fingerprint density at radius 1 is 1.00 bits per heavy atom. The van der Waals surface area contributed by atoms with Gasteiger partial charge in [0, 0.05) is 22.9 Å². The number of hydrogen-bond donors (Lipinski definition) is 1. The average Bonchev–Trinajstić information content (AvgIpc) is 2.91. The van der Waals surface area contributed by atoms with Crippen molar-refractivity contribution in [2.45, 2.75) is 6.54 Å². The summed E-state index contributed by atoms with van der Waals surface area (Å²) < 4.78 is 5.62. The van der Waals surface area contributed by atoms with Gasteiger partial charge in [-0.25, -0.2) is 9.78 Å². The quantitative estimate of drug-likeness (QED) is 0.308. The highest BCUT2D eigenvalue weighted by Crippen LogP contribution is 2.31. The maximum absolute atomic E-state index is 12.1. The Kier molecular flexibility index (Phi) is 7.19. The van der Waals surface area contributed by atoms with E-state index in [9.17, 15) is 9.59 Å². The van der Waals surface area contributed by atoms with Gasteiger partial charge in [0.25, 0.3) is 0 Å². The molecule has 172 valence electrons. The van der Waals surface area contributed by atoms with Gasteiger partial charge in [-0.3, -0.25) is 4.79 Å². The number of ether oxygens (including phenoxy) is 1. The van der Waals surface area contributed by atoms with Crippen LogP contribution in [0.5, 0.6) is 5.75 Å². The summed E-state index contributed by atoms with van der Waals surface area (Å²) in [5.74, 6) is 5.69. The number of para-hydroxylation sites is 1. The summed E-state index contributed by atoms with van der Waals surface area (Å²) in [6.07, 6.45) is 2.19. The number of anilines is 1. The van der Waals surface area contributed by atoms with E-state index in [0.717, 1.165) is 28.8 Å². The lowest BCUT2D eigenvalue weighted by molar-refractivity contribution is -0.107. The molecule has 3 aromatic carbocycles. The van der Waals surface area contributed by atoms with Gasteiger partial charge in [0.05, 0.1) is 19.3 Å². The third-order valence-electron chi connectivity index (χ3n) is 5.37. The Labute approximate surface area is 203 Å². The lowest BCUT2D eigenvalue weighted by Crippen LogP contribution is -2.21. The Hall–Kier alpha value is -4.89. The van der Waals surface area contributed by atoms with E-state index in [1.165, 1.54) is 12.3 Å². The van der Waals surface area contributed by atoms with Gasteiger partial charge in [-0.05, 0) is 41.5 Å². The third kappa shape index (κ3) is 5.55. The smallest absolute Gasteiger partial charge is 0.354 e. The first-order chi connectivity index (χ1) is 17.1. The van der Waals surface area contributed by atoms with Gasteiger partial charge >= 0.3 is 5.97 Å². The Morgan fingerprint density at radius 2 is 1.77 bits per heavy atom. The van der Waals surface area contributed by atoms with Gasteiger partial charge < -0.3 is 14.7 Å². The fourth-order valence-electron chi connectivity index (χ4n) is 3.63. The number of carboxylic acid groups (broad SMARTS) is 1. The number of hydrogen-bond acceptors (Lipinski definition) is 4. The van der Waals surface area contributed by atoms with Gasteiger partial charge in [0.15, 0.2) is 0 Å². The van der Waals surface area contributed by atoms with E-state index in [1.807, 2.05) is 72.8 Å². The summed E-state index contributed by atoms with van der Waals surface area (Å²) in [5, 5.41) is 8.99. The normalized spacial score (nSPS) is 10.1. The van der Waals surface area contributed by atoms with E-state index in [4.69, 9.17) is 9.84 Å². The number of nitrogens with zero attached hydrogens (tertiary/aromatic N) is 2. The number of methoxy groups -OCH3 is 1. The molecule has 6 nitrogen and oxygen atoms in total. The van der Waals surface area contributed by atoms with E-state index < -0.39 is 5.97 Å². The fourth-order valence-corrected chi connectivity index (χ4v) is 3.63. The van der Waals surface area contributed by atoms with Crippen LogP contribution in [0.2, 0.25) is 0 Å². The van der Waals surface area contributed by atoms with Crippen molar-refractivity contribution in [3.05, 3.63) is 114 Å². The van der Waals surface area contributed by atoms with Crippen molar-refractivity contribution in [3.63, 3.8) is 0 Å². The van der Waals surface area contributed by atoms with Gasteiger partial charge in [0.1, 0.15) is 11.4 Å². The van der Waals surface area contributed by atoms with Crippen molar-refractivity contribution < 1.29 is 19.4 Å². The maximum Gasteiger partial charge on any atom is 0.354 e. The molecule has 0 saturated carbocycles. The molecule has 4 rings (SSSR count). The molecule has 0 aliphatic carbocycles. The Morgan fingerprint density at radius 3 is 2.46 bits per heavy atom. The molecule has 0 aliphatic rings. The van der Waals surface area contributed by atoms with Gasteiger partial charge in [-0.1, -0.05) is 66.4 Å². The van der Waals surface area contributed by atoms with Crippen molar-refractivity contribution in [3.8, 4) is 28.7 Å². The number of aromatic nitrogens is 1. The van der Waals surface area contributed by atoms with Gasteiger partial charge in [0.2, 0.25) is 6.41 Å². The molecule has 0 atom stereocenters. The number of rotatable bonds is 7. The summed E-state index contributed by atoms with van der Waals surface area (Å²) in [6.45, 7) is 0.336. The van der Waals surface area contributed by atoms with Crippen molar-refractivity contribution in [2.24, 2.45) is 0 Å². The molecule has 1 aromatic heterocycles. The molecule has 1 heterocycles. The lowest BCUT2D eigenvalue weighted by atomic mass is 10.0. The number of carbonyl (C=O) groups is 2. The summed E-state index contributed by atoms with van der Waals surface area (Å²) >= 11 is 0. The second-order valence-electron chi connectivity index (χ2n) is 7.64. The summed E-state index contributed by atoms with van der Waals surface area (Å²) in [5.41, 5.74) is 4.79. The van der Waals surface area contributed by atoms with E-state index in [0.29, 0.717) is 23.4 Å². The topological polar surface area (TPSA) is 79.7 Å². The highest BCUT2D eigenvalue weighted by molar-refractivity contribution is 5.85. The van der Waals surface area contributed by atoms with Crippen molar-refractivity contribution in [1.82, 2.24) is 4.98 Å². The van der Waals surface area contributed by atoms with Crippen molar-refractivity contribution >= 4 is 18.1 Å². The number of carboxylic acids is 1. The standard InChI is InChI=1S/C29H22N2O4/c1-35-28-17-22(12-15-25(28)23-7-3-2-4-8-23)19-31(20-32)27-10-6-5-9-24(27)14-11-21-13-16-26(29(33)34)30-18-21/h2-10,12-13,15-18,20H,19H2,1H3,(H,33,34). The first-order valence-corrected chi connectivity index (χ1v) is 10.8. The van der Waals surface area contributed by atoms with Crippen LogP contribution in [0.3, 0.4) is 0 Å². The molecular formula is C29H22N2O4. The molecular weight excluding hydrogens is 440 g/mol. The first kappa shape index (κ1) is 23.3. The molecule has 0 spiro atoms. The highest BCUT2D eigenvalue weighted by Gasteiger charge is 2.13. The first-order valence-electron chi connectivity index (χ1n) is 10.8. The molecule has 35 heavy (non-hydrogen) atoms. The molecule has 1 amide bonds. The fraction of sp³-hybridized carbons (Fsp3) is 0.0690. The minimum Gasteiger partial charge on any atom is -0.496 e. The van der Waals surface area contributed by atoms with Crippen LogP contribution in [0.15, 0.2) is 91.1 Å². The molecule has 4 aromatic rings. The van der Waals surface area contributed by atoms with E-state index in [2.05, 4.69) is 16.8 Å². The van der Waals surface area contributed by atoms with E-state index in [1.54, 1.807) is 18.1 Å².